The first kappa shape index (κ1) is 37.5. The molecular formula is C60H41N3O. The van der Waals surface area contributed by atoms with Gasteiger partial charge in [0.25, 0.3) is 0 Å². The van der Waals surface area contributed by atoms with Crippen molar-refractivity contribution in [1.29, 1.82) is 0 Å². The van der Waals surface area contributed by atoms with Crippen LogP contribution in [0.3, 0.4) is 0 Å². The molecule has 4 nitrogen and oxygen atoms in total. The fraction of sp³-hybridized carbons (Fsp3) is 0.0500. The first-order valence-corrected chi connectivity index (χ1v) is 21.8. The van der Waals surface area contributed by atoms with Crippen LogP contribution in [0.1, 0.15) is 25.0 Å². The molecule has 0 atom stereocenters. The van der Waals surface area contributed by atoms with Crippen LogP contribution in [0.25, 0.3) is 112 Å². The summed E-state index contributed by atoms with van der Waals surface area (Å²) in [6.07, 6.45) is 0. The van der Waals surface area contributed by atoms with E-state index in [4.69, 9.17) is 19.4 Å². The maximum Gasteiger partial charge on any atom is 0.164 e. The maximum atomic E-state index is 6.60. The molecule has 0 fully saturated rings. The number of aromatic nitrogens is 3. The van der Waals surface area contributed by atoms with Crippen molar-refractivity contribution in [2.75, 3.05) is 0 Å². The molecule has 0 unspecified atom stereocenters. The average molecular weight is 820 g/mol. The second-order valence-corrected chi connectivity index (χ2v) is 17.2. The second kappa shape index (κ2) is 15.0. The zero-order valence-corrected chi connectivity index (χ0v) is 35.5. The van der Waals surface area contributed by atoms with Crippen molar-refractivity contribution in [3.8, 4) is 89.8 Å². The Bertz CT molecular complexity index is 3510. The summed E-state index contributed by atoms with van der Waals surface area (Å²) in [4.78, 5) is 15.9. The van der Waals surface area contributed by atoms with Gasteiger partial charge in [-0.05, 0) is 115 Å². The van der Waals surface area contributed by atoms with Gasteiger partial charge in [0.15, 0.2) is 17.5 Å². The molecule has 0 saturated heterocycles. The Balaban J connectivity index is 1.03. The molecule has 9 aromatic carbocycles. The second-order valence-electron chi connectivity index (χ2n) is 17.2. The number of benzene rings is 9. The fourth-order valence-electron chi connectivity index (χ4n) is 9.68. The van der Waals surface area contributed by atoms with Crippen LogP contribution in [-0.4, -0.2) is 15.0 Å². The Morgan fingerprint density at radius 1 is 0.312 bits per heavy atom. The lowest BCUT2D eigenvalue weighted by molar-refractivity contribution is 0.660. The molecule has 0 radical (unpaired) electrons. The molecule has 0 aliphatic heterocycles. The van der Waals surface area contributed by atoms with Crippen molar-refractivity contribution in [2.24, 2.45) is 0 Å². The molecule has 11 aromatic rings. The highest BCUT2D eigenvalue weighted by atomic mass is 16.3. The zero-order valence-electron chi connectivity index (χ0n) is 35.5. The van der Waals surface area contributed by atoms with Crippen LogP contribution < -0.4 is 0 Å². The van der Waals surface area contributed by atoms with Crippen molar-refractivity contribution in [3.63, 3.8) is 0 Å². The molecule has 64 heavy (non-hydrogen) atoms. The summed E-state index contributed by atoms with van der Waals surface area (Å²) in [5, 5.41) is 2.14. The Morgan fingerprint density at radius 3 is 1.50 bits per heavy atom. The molecular weight excluding hydrogens is 779 g/mol. The summed E-state index contributed by atoms with van der Waals surface area (Å²) in [6, 6.07) is 75.0. The van der Waals surface area contributed by atoms with Gasteiger partial charge in [0.1, 0.15) is 11.2 Å². The van der Waals surface area contributed by atoms with E-state index in [1.807, 2.05) is 24.3 Å². The molecule has 0 bridgehead atoms. The van der Waals surface area contributed by atoms with Gasteiger partial charge < -0.3 is 4.42 Å². The van der Waals surface area contributed by atoms with Crippen LogP contribution in [0, 0.1) is 0 Å². The van der Waals surface area contributed by atoms with Crippen LogP contribution in [-0.2, 0) is 5.41 Å². The highest BCUT2D eigenvalue weighted by Gasteiger charge is 2.35. The molecule has 0 saturated carbocycles. The van der Waals surface area contributed by atoms with Crippen LogP contribution in [0.4, 0.5) is 0 Å². The smallest absolute Gasteiger partial charge is 0.164 e. The standard InChI is InChI=1S/C60H41N3O/c1-60(2)52-26-13-12-24-49(52)51-36-42(29-31-53(51)60)41-22-14-23-43(32-41)57-61-58(44-28-30-50-55(37-44)64-54-27-15-25-48(56(50)54)40-20-10-5-11-21-40)63-59(62-57)47-34-45(38-16-6-3-7-17-38)33-46(35-47)39-18-8-4-9-19-39/h3-37H,1-2H3. The molecule has 0 N–H and O–H groups in total. The molecule has 0 spiro atoms. The minimum absolute atomic E-state index is 0.0578. The number of furan rings is 1. The van der Waals surface area contributed by atoms with Gasteiger partial charge in [0.2, 0.25) is 0 Å². The number of rotatable bonds is 7. The third-order valence-electron chi connectivity index (χ3n) is 12.9. The molecule has 302 valence electrons. The van der Waals surface area contributed by atoms with E-state index in [0.717, 1.165) is 83.1 Å². The lowest BCUT2D eigenvalue weighted by Gasteiger charge is -2.21. The molecule has 1 aliphatic rings. The molecule has 0 amide bonds. The van der Waals surface area contributed by atoms with Gasteiger partial charge in [-0.1, -0.05) is 178 Å². The largest absolute Gasteiger partial charge is 0.456 e. The summed E-state index contributed by atoms with van der Waals surface area (Å²) < 4.78 is 6.60. The zero-order chi connectivity index (χ0) is 42.8. The van der Waals surface area contributed by atoms with Gasteiger partial charge in [-0.25, -0.2) is 15.0 Å². The monoisotopic (exact) mass is 819 g/mol. The number of nitrogens with zero attached hydrogens (tertiary/aromatic N) is 3. The quantitative estimate of drug-likeness (QED) is 0.161. The minimum Gasteiger partial charge on any atom is -0.456 e. The third kappa shape index (κ3) is 6.42. The van der Waals surface area contributed by atoms with E-state index in [9.17, 15) is 0 Å². The van der Waals surface area contributed by atoms with Crippen LogP contribution in [0.15, 0.2) is 217 Å². The first-order valence-electron chi connectivity index (χ1n) is 21.8. The summed E-state index contributed by atoms with van der Waals surface area (Å²) in [7, 11) is 0. The molecule has 4 heteroatoms. The van der Waals surface area contributed by atoms with Gasteiger partial charge >= 0.3 is 0 Å². The van der Waals surface area contributed by atoms with Gasteiger partial charge in [-0.3, -0.25) is 0 Å². The lowest BCUT2D eigenvalue weighted by atomic mass is 9.82. The van der Waals surface area contributed by atoms with Gasteiger partial charge in [-0.2, -0.15) is 0 Å². The number of hydrogen-bond donors (Lipinski definition) is 0. The van der Waals surface area contributed by atoms with Crippen molar-refractivity contribution in [2.45, 2.75) is 19.3 Å². The first-order chi connectivity index (χ1) is 31.4. The Hall–Kier alpha value is -8.21. The maximum absolute atomic E-state index is 6.60. The van der Waals surface area contributed by atoms with E-state index in [-0.39, 0.29) is 5.41 Å². The minimum atomic E-state index is -0.0578. The highest BCUT2D eigenvalue weighted by Crippen LogP contribution is 2.49. The van der Waals surface area contributed by atoms with Gasteiger partial charge in [-0.15, -0.1) is 0 Å². The Labute approximate surface area is 372 Å². The molecule has 2 heterocycles. The summed E-state index contributed by atoms with van der Waals surface area (Å²) >= 11 is 0. The Morgan fingerprint density at radius 2 is 0.797 bits per heavy atom. The van der Waals surface area contributed by atoms with Crippen LogP contribution in [0.5, 0.6) is 0 Å². The average Bonchev–Trinajstić information content (AvgIpc) is 3.85. The lowest BCUT2D eigenvalue weighted by Crippen LogP contribution is -2.14. The number of fused-ring (bicyclic) bond motifs is 6. The van der Waals surface area contributed by atoms with Crippen molar-refractivity contribution < 1.29 is 4.42 Å². The van der Waals surface area contributed by atoms with E-state index in [1.54, 1.807) is 0 Å². The van der Waals surface area contributed by atoms with E-state index in [2.05, 4.69) is 202 Å². The van der Waals surface area contributed by atoms with Crippen LogP contribution in [0.2, 0.25) is 0 Å². The third-order valence-corrected chi connectivity index (χ3v) is 12.9. The SMILES string of the molecule is CC1(C)c2ccccc2-c2cc(-c3cccc(-c4nc(-c5cc(-c6ccccc6)cc(-c6ccccc6)c5)nc(-c5ccc6c(c5)oc5cccc(-c7ccccc7)c56)n4)c3)ccc21. The van der Waals surface area contributed by atoms with Crippen LogP contribution >= 0.6 is 0 Å². The fourth-order valence-corrected chi connectivity index (χ4v) is 9.68. The van der Waals surface area contributed by atoms with E-state index >= 15 is 0 Å². The van der Waals surface area contributed by atoms with E-state index in [0.29, 0.717) is 17.5 Å². The van der Waals surface area contributed by atoms with E-state index in [1.165, 1.54) is 22.3 Å². The van der Waals surface area contributed by atoms with Crippen molar-refractivity contribution >= 4 is 21.9 Å². The Kier molecular flexibility index (Phi) is 8.80. The predicted molar refractivity (Wildman–Crippen MR) is 263 cm³/mol. The molecule has 12 rings (SSSR count). The molecule has 2 aromatic heterocycles. The highest BCUT2D eigenvalue weighted by molar-refractivity contribution is 6.13. The summed E-state index contributed by atoms with van der Waals surface area (Å²) in [6.45, 7) is 4.64. The summed E-state index contributed by atoms with van der Waals surface area (Å²) in [5.74, 6) is 1.75. The van der Waals surface area contributed by atoms with Crippen molar-refractivity contribution in [3.05, 3.63) is 223 Å². The van der Waals surface area contributed by atoms with Crippen molar-refractivity contribution in [1.82, 2.24) is 15.0 Å². The van der Waals surface area contributed by atoms with Gasteiger partial charge in [0.05, 0.1) is 0 Å². The number of hydrogen-bond acceptors (Lipinski definition) is 4. The predicted octanol–water partition coefficient (Wildman–Crippen LogP) is 15.7. The van der Waals surface area contributed by atoms with E-state index < -0.39 is 0 Å². The molecule has 1 aliphatic carbocycles. The normalized spacial score (nSPS) is 12.7. The summed E-state index contributed by atoms with van der Waals surface area (Å²) in [5.41, 5.74) is 18.5. The topological polar surface area (TPSA) is 51.8 Å². The van der Waals surface area contributed by atoms with Gasteiger partial charge in [0, 0.05) is 32.9 Å².